The predicted octanol–water partition coefficient (Wildman–Crippen LogP) is 2.35. The molecule has 0 fully saturated rings. The van der Waals surface area contributed by atoms with Crippen LogP contribution in [-0.2, 0) is 16.6 Å². The van der Waals surface area contributed by atoms with E-state index in [1.165, 1.54) is 4.68 Å². The van der Waals surface area contributed by atoms with Gasteiger partial charge in [-0.1, -0.05) is 38.0 Å². The molecule has 1 amide bonds. The van der Waals surface area contributed by atoms with Gasteiger partial charge in [-0.15, -0.1) is 4.83 Å². The fourth-order valence-electron chi connectivity index (χ4n) is 2.91. The highest BCUT2D eigenvalue weighted by Gasteiger charge is 2.20. The summed E-state index contributed by atoms with van der Waals surface area (Å²) in [5, 5.41) is 4.79. The molecule has 3 rings (SSSR count). The van der Waals surface area contributed by atoms with Crippen LogP contribution in [0.15, 0.2) is 58.2 Å². The van der Waals surface area contributed by atoms with Gasteiger partial charge in [0.2, 0.25) is 0 Å². The van der Waals surface area contributed by atoms with Crippen molar-refractivity contribution in [3.8, 4) is 0 Å². The van der Waals surface area contributed by atoms with E-state index in [1.54, 1.807) is 24.3 Å². The van der Waals surface area contributed by atoms with E-state index in [1.807, 2.05) is 11.8 Å². The first-order valence-corrected chi connectivity index (χ1v) is 10.9. The number of hydrogen-bond donors (Lipinski definition) is 2. The Morgan fingerprint density at radius 2 is 1.73 bits per heavy atom. The summed E-state index contributed by atoms with van der Waals surface area (Å²) < 4.78 is 38.9. The molecule has 3 aromatic rings. The number of rotatable bonds is 8. The predicted molar refractivity (Wildman–Crippen MR) is 110 cm³/mol. The van der Waals surface area contributed by atoms with Gasteiger partial charge in [0.1, 0.15) is 5.82 Å². The molecular formula is C20H21FN4O4S. The topological polar surface area (TPSA) is 110 Å². The number of hydrazine groups is 1. The van der Waals surface area contributed by atoms with Crippen LogP contribution in [0.25, 0.3) is 10.8 Å². The van der Waals surface area contributed by atoms with E-state index in [-0.39, 0.29) is 16.1 Å². The van der Waals surface area contributed by atoms with Gasteiger partial charge in [0, 0.05) is 11.9 Å². The Hall–Kier alpha value is -3.11. The summed E-state index contributed by atoms with van der Waals surface area (Å²) in [6, 6.07) is 10.6. The monoisotopic (exact) mass is 432 g/mol. The van der Waals surface area contributed by atoms with Gasteiger partial charge in [-0.2, -0.15) is 5.10 Å². The van der Waals surface area contributed by atoms with Gasteiger partial charge in [0.15, 0.2) is 5.69 Å². The van der Waals surface area contributed by atoms with Gasteiger partial charge >= 0.3 is 0 Å². The summed E-state index contributed by atoms with van der Waals surface area (Å²) in [4.78, 5) is 27.1. The summed E-state index contributed by atoms with van der Waals surface area (Å²) in [6.07, 6.45) is 2.58. The number of hydrogen-bond acceptors (Lipinski definition) is 5. The standard InChI is InChI=1S/C20H21FN4O4S/c1-2-3-6-13-25-20(27)17-8-5-4-7-16(17)18(23-25)19(26)22-24-30(28,29)15-11-9-14(21)10-12-15/h4-5,7-12,24H,2-3,6,13H2,1H3,(H,22,26). The van der Waals surface area contributed by atoms with Crippen LogP contribution in [0, 0.1) is 5.82 Å². The third-order valence-corrected chi connectivity index (χ3v) is 5.74. The summed E-state index contributed by atoms with van der Waals surface area (Å²) in [7, 11) is -4.11. The van der Waals surface area contributed by atoms with E-state index in [2.05, 4.69) is 10.5 Å². The number of aryl methyl sites for hydroxylation is 1. The van der Waals surface area contributed by atoms with Crippen LogP contribution in [-0.4, -0.2) is 24.1 Å². The smallest absolute Gasteiger partial charge is 0.272 e. The van der Waals surface area contributed by atoms with Crippen molar-refractivity contribution in [1.82, 2.24) is 20.0 Å². The van der Waals surface area contributed by atoms with Crippen LogP contribution in [0.5, 0.6) is 0 Å². The summed E-state index contributed by atoms with van der Waals surface area (Å²) >= 11 is 0. The lowest BCUT2D eigenvalue weighted by molar-refractivity contribution is 0.0939. The SMILES string of the molecule is CCCCCn1nc(C(=O)NNS(=O)(=O)c2ccc(F)cc2)c2ccccc2c1=O. The number of benzene rings is 2. The molecule has 0 unspecified atom stereocenters. The van der Waals surface area contributed by atoms with E-state index in [4.69, 9.17) is 0 Å². The fourth-order valence-corrected chi connectivity index (χ4v) is 3.75. The molecule has 1 aromatic heterocycles. The Balaban J connectivity index is 1.89. The van der Waals surface area contributed by atoms with Gasteiger partial charge in [0.05, 0.1) is 10.3 Å². The molecule has 30 heavy (non-hydrogen) atoms. The number of unbranched alkanes of at least 4 members (excludes halogenated alkanes) is 2. The molecule has 1 heterocycles. The molecule has 0 spiro atoms. The number of sulfonamides is 1. The molecule has 0 aliphatic rings. The lowest BCUT2D eigenvalue weighted by Crippen LogP contribution is -2.42. The van der Waals surface area contributed by atoms with Gasteiger partial charge in [-0.25, -0.2) is 17.5 Å². The third kappa shape index (κ3) is 4.71. The molecule has 8 nitrogen and oxygen atoms in total. The highest BCUT2D eigenvalue weighted by atomic mass is 32.2. The maximum absolute atomic E-state index is 13.0. The first kappa shape index (κ1) is 21.6. The summed E-state index contributed by atoms with van der Waals surface area (Å²) in [6.45, 7) is 2.38. The van der Waals surface area contributed by atoms with Crippen molar-refractivity contribution < 1.29 is 17.6 Å². The third-order valence-electron chi connectivity index (χ3n) is 4.48. The van der Waals surface area contributed by atoms with Crippen LogP contribution in [0.2, 0.25) is 0 Å². The van der Waals surface area contributed by atoms with E-state index in [9.17, 15) is 22.4 Å². The Morgan fingerprint density at radius 1 is 1.07 bits per heavy atom. The second kappa shape index (κ2) is 9.14. The molecule has 158 valence electrons. The zero-order chi connectivity index (χ0) is 21.7. The Bertz CT molecular complexity index is 1220. The van der Waals surface area contributed by atoms with Gasteiger partial charge in [0.25, 0.3) is 21.5 Å². The normalized spacial score (nSPS) is 11.5. The van der Waals surface area contributed by atoms with Crippen LogP contribution in [0.1, 0.15) is 36.7 Å². The van der Waals surface area contributed by atoms with Crippen molar-refractivity contribution in [1.29, 1.82) is 0 Å². The molecule has 10 heteroatoms. The number of nitrogens with zero attached hydrogens (tertiary/aromatic N) is 2. The van der Waals surface area contributed by atoms with Crippen molar-refractivity contribution in [3.05, 3.63) is 70.4 Å². The van der Waals surface area contributed by atoms with Gasteiger partial charge < -0.3 is 0 Å². The van der Waals surface area contributed by atoms with Crippen molar-refractivity contribution in [2.75, 3.05) is 0 Å². The minimum absolute atomic E-state index is 0.0801. The molecule has 0 aliphatic carbocycles. The van der Waals surface area contributed by atoms with Gasteiger partial charge in [-0.3, -0.25) is 15.0 Å². The lowest BCUT2D eigenvalue weighted by atomic mass is 10.1. The molecule has 0 radical (unpaired) electrons. The van der Waals surface area contributed by atoms with Crippen LogP contribution in [0.4, 0.5) is 4.39 Å². The first-order valence-electron chi connectivity index (χ1n) is 9.41. The minimum atomic E-state index is -4.11. The highest BCUT2D eigenvalue weighted by molar-refractivity contribution is 7.89. The number of carbonyl (C=O) groups excluding carboxylic acids is 1. The molecule has 0 saturated carbocycles. The number of nitrogens with one attached hydrogen (secondary N) is 2. The average molecular weight is 432 g/mol. The lowest BCUT2D eigenvalue weighted by Gasteiger charge is -2.12. The zero-order valence-electron chi connectivity index (χ0n) is 16.3. The summed E-state index contributed by atoms with van der Waals surface area (Å²) in [5.41, 5.74) is 1.72. The molecule has 2 aromatic carbocycles. The Morgan fingerprint density at radius 3 is 2.40 bits per heavy atom. The van der Waals surface area contributed by atoms with E-state index in [0.29, 0.717) is 17.3 Å². The Kier molecular flexibility index (Phi) is 6.58. The zero-order valence-corrected chi connectivity index (χ0v) is 17.1. The molecular weight excluding hydrogens is 411 g/mol. The van der Waals surface area contributed by atoms with Gasteiger partial charge in [-0.05, 0) is 36.8 Å². The molecule has 0 saturated heterocycles. The molecule has 0 aliphatic heterocycles. The van der Waals surface area contributed by atoms with Crippen LogP contribution >= 0.6 is 0 Å². The largest absolute Gasteiger partial charge is 0.287 e. The number of carbonyl (C=O) groups is 1. The number of fused-ring (bicyclic) bond motifs is 1. The molecule has 2 N–H and O–H groups in total. The van der Waals surface area contributed by atoms with Crippen molar-refractivity contribution in [3.63, 3.8) is 0 Å². The second-order valence-corrected chi connectivity index (χ2v) is 8.33. The van der Waals surface area contributed by atoms with Crippen molar-refractivity contribution in [2.24, 2.45) is 0 Å². The van der Waals surface area contributed by atoms with Crippen LogP contribution in [0.3, 0.4) is 0 Å². The van der Waals surface area contributed by atoms with Crippen molar-refractivity contribution >= 4 is 26.7 Å². The first-order chi connectivity index (χ1) is 14.3. The maximum Gasteiger partial charge on any atom is 0.287 e. The Labute approximate surface area is 172 Å². The second-order valence-electron chi connectivity index (χ2n) is 6.64. The summed E-state index contributed by atoms with van der Waals surface area (Å²) in [5.74, 6) is -1.40. The molecule has 0 bridgehead atoms. The van der Waals surface area contributed by atoms with E-state index >= 15 is 0 Å². The van der Waals surface area contributed by atoms with Crippen molar-refractivity contribution in [2.45, 2.75) is 37.6 Å². The quantitative estimate of drug-likeness (QED) is 0.419. The average Bonchev–Trinajstić information content (AvgIpc) is 2.74. The number of aromatic nitrogens is 2. The van der Waals surface area contributed by atoms with Crippen LogP contribution < -0.4 is 15.8 Å². The minimum Gasteiger partial charge on any atom is -0.272 e. The number of halogens is 1. The molecule has 0 atom stereocenters. The fraction of sp³-hybridized carbons (Fsp3) is 0.250. The van der Waals surface area contributed by atoms with E-state index in [0.717, 1.165) is 43.5 Å². The highest BCUT2D eigenvalue weighted by Crippen LogP contribution is 2.14. The van der Waals surface area contributed by atoms with E-state index < -0.39 is 21.7 Å². The number of amides is 1. The maximum atomic E-state index is 13.0.